The quantitative estimate of drug-likeness (QED) is 0.561. The molecule has 0 atom stereocenters. The zero-order valence-corrected chi connectivity index (χ0v) is 14.8. The third kappa shape index (κ3) is 3.06. The van der Waals surface area contributed by atoms with Gasteiger partial charge in [0, 0.05) is 0 Å². The van der Waals surface area contributed by atoms with Crippen LogP contribution < -0.4 is 11.2 Å². The molecule has 2 aromatic heterocycles. The molecule has 0 unspecified atom stereocenters. The van der Waals surface area contributed by atoms with Crippen LogP contribution in [0.15, 0.2) is 39.6 Å². The monoisotopic (exact) mass is 366 g/mol. The lowest BCUT2D eigenvalue weighted by molar-refractivity contribution is 0.0527. The first-order chi connectivity index (χ1) is 13.1. The molecule has 4 rings (SSSR count). The van der Waals surface area contributed by atoms with Gasteiger partial charge in [0.05, 0.1) is 30.6 Å². The molecule has 3 heterocycles. The van der Waals surface area contributed by atoms with Crippen molar-refractivity contribution >= 4 is 39.4 Å². The van der Waals surface area contributed by atoms with Crippen molar-refractivity contribution in [1.82, 2.24) is 4.98 Å². The number of nitrogens with two attached hydrogens (primary N) is 1. The van der Waals surface area contributed by atoms with Crippen LogP contribution in [0.25, 0.3) is 27.6 Å². The molecule has 7 nitrogen and oxygen atoms in total. The second kappa shape index (κ2) is 6.85. The van der Waals surface area contributed by atoms with Crippen LogP contribution in [-0.2, 0) is 9.47 Å². The number of nitrogen functional groups attached to an aromatic ring is 1. The van der Waals surface area contributed by atoms with Crippen molar-refractivity contribution in [3.8, 4) is 0 Å². The molecule has 0 amide bonds. The summed E-state index contributed by atoms with van der Waals surface area (Å²) in [5, 5.41) is 0.617. The predicted molar refractivity (Wildman–Crippen MR) is 102 cm³/mol. The summed E-state index contributed by atoms with van der Waals surface area (Å²) in [6.45, 7) is 3.11. The molecule has 1 aliphatic heterocycles. The lowest BCUT2D eigenvalue weighted by Gasteiger charge is -2.14. The minimum Gasteiger partial charge on any atom is -0.462 e. The van der Waals surface area contributed by atoms with Gasteiger partial charge in [-0.3, -0.25) is 4.79 Å². The number of carbonyl (C=O) groups excluding carboxylic acids is 1. The van der Waals surface area contributed by atoms with Gasteiger partial charge in [-0.05, 0) is 42.7 Å². The van der Waals surface area contributed by atoms with Gasteiger partial charge >= 0.3 is 5.97 Å². The number of anilines is 1. The number of hydrogen-bond donors (Lipinski definition) is 1. The standard InChI is InChI=1S/C20H18N2O5/c1-2-26-20(24)15-10-14-17(23)13-9-12(11-5-7-25-8-6-11)3-4-16(13)27-19(14)22-18(15)21/h3-5,9-10H,2,6-8H2,1H3,(H2,21,22). The first-order valence-electron chi connectivity index (χ1n) is 8.70. The molecule has 0 radical (unpaired) electrons. The van der Waals surface area contributed by atoms with Crippen molar-refractivity contribution in [2.45, 2.75) is 13.3 Å². The van der Waals surface area contributed by atoms with Crippen molar-refractivity contribution < 1.29 is 18.7 Å². The van der Waals surface area contributed by atoms with Gasteiger partial charge in [0.15, 0.2) is 0 Å². The summed E-state index contributed by atoms with van der Waals surface area (Å²) in [5.41, 5.74) is 8.22. The number of ether oxygens (including phenoxy) is 2. The number of nitrogens with zero attached hydrogens (tertiary/aromatic N) is 1. The van der Waals surface area contributed by atoms with Crippen molar-refractivity contribution in [3.05, 3.63) is 51.7 Å². The average Bonchev–Trinajstić information content (AvgIpc) is 2.68. The van der Waals surface area contributed by atoms with E-state index >= 15 is 0 Å². The SMILES string of the molecule is CCOC(=O)c1cc2c(=O)c3cc(C4=CCOCC4)ccc3oc2nc1N. The van der Waals surface area contributed by atoms with E-state index in [2.05, 4.69) is 4.98 Å². The van der Waals surface area contributed by atoms with Gasteiger partial charge in [0.1, 0.15) is 17.0 Å². The highest BCUT2D eigenvalue weighted by atomic mass is 16.5. The normalized spacial score (nSPS) is 14.3. The van der Waals surface area contributed by atoms with E-state index in [1.54, 1.807) is 19.1 Å². The smallest absolute Gasteiger partial charge is 0.341 e. The van der Waals surface area contributed by atoms with Gasteiger partial charge in [-0.2, -0.15) is 4.98 Å². The fourth-order valence-corrected chi connectivity index (χ4v) is 3.16. The molecule has 7 heteroatoms. The van der Waals surface area contributed by atoms with Crippen molar-refractivity contribution in [1.29, 1.82) is 0 Å². The molecule has 0 saturated heterocycles. The summed E-state index contributed by atoms with van der Waals surface area (Å²) < 4.78 is 16.1. The van der Waals surface area contributed by atoms with E-state index < -0.39 is 5.97 Å². The van der Waals surface area contributed by atoms with Crippen LogP contribution >= 0.6 is 0 Å². The summed E-state index contributed by atoms with van der Waals surface area (Å²) in [4.78, 5) is 29.2. The largest absolute Gasteiger partial charge is 0.462 e. The number of hydrogen-bond acceptors (Lipinski definition) is 7. The molecule has 1 aliphatic rings. The van der Waals surface area contributed by atoms with Crippen molar-refractivity contribution in [2.75, 3.05) is 25.6 Å². The second-order valence-electron chi connectivity index (χ2n) is 6.19. The molecule has 0 aliphatic carbocycles. The van der Waals surface area contributed by atoms with Crippen molar-refractivity contribution in [2.24, 2.45) is 0 Å². The van der Waals surface area contributed by atoms with Gasteiger partial charge in [-0.25, -0.2) is 4.79 Å². The molecule has 0 saturated carbocycles. The third-order valence-electron chi connectivity index (χ3n) is 4.52. The summed E-state index contributed by atoms with van der Waals surface area (Å²) in [6.07, 6.45) is 2.80. The summed E-state index contributed by atoms with van der Waals surface area (Å²) in [7, 11) is 0. The highest BCUT2D eigenvalue weighted by Gasteiger charge is 2.18. The van der Waals surface area contributed by atoms with Gasteiger partial charge in [-0.15, -0.1) is 0 Å². The average molecular weight is 366 g/mol. The topological polar surface area (TPSA) is 105 Å². The van der Waals surface area contributed by atoms with E-state index in [9.17, 15) is 9.59 Å². The van der Waals surface area contributed by atoms with Crippen LogP contribution in [0.2, 0.25) is 0 Å². The fraction of sp³-hybridized carbons (Fsp3) is 0.250. The van der Waals surface area contributed by atoms with E-state index in [0.717, 1.165) is 17.6 Å². The van der Waals surface area contributed by atoms with Crippen LogP contribution in [0.4, 0.5) is 5.82 Å². The molecule has 138 valence electrons. The molecule has 3 aromatic rings. The first-order valence-corrected chi connectivity index (χ1v) is 8.70. The predicted octanol–water partition coefficient (Wildman–Crippen LogP) is 2.90. The number of carbonyl (C=O) groups is 1. The maximum absolute atomic E-state index is 13.0. The summed E-state index contributed by atoms with van der Waals surface area (Å²) >= 11 is 0. The highest BCUT2D eigenvalue weighted by Crippen LogP contribution is 2.26. The van der Waals surface area contributed by atoms with Gasteiger partial charge in [0.2, 0.25) is 11.1 Å². The number of aromatic nitrogens is 1. The Morgan fingerprint density at radius 3 is 2.89 bits per heavy atom. The Hall–Kier alpha value is -3.19. The highest BCUT2D eigenvalue weighted by molar-refractivity contribution is 5.99. The molecule has 2 N–H and O–H groups in total. The van der Waals surface area contributed by atoms with E-state index in [1.165, 1.54) is 6.07 Å². The Balaban J connectivity index is 1.92. The van der Waals surface area contributed by atoms with Gasteiger partial charge in [0.25, 0.3) is 0 Å². The molecule has 0 bridgehead atoms. The molecule has 0 spiro atoms. The number of esters is 1. The van der Waals surface area contributed by atoms with E-state index in [4.69, 9.17) is 19.6 Å². The molecule has 0 fully saturated rings. The first kappa shape index (κ1) is 17.2. The van der Waals surface area contributed by atoms with E-state index in [1.807, 2.05) is 12.1 Å². The summed E-state index contributed by atoms with van der Waals surface area (Å²) in [6, 6.07) is 6.85. The van der Waals surface area contributed by atoms with Gasteiger partial charge in [-0.1, -0.05) is 12.1 Å². The van der Waals surface area contributed by atoms with Crippen LogP contribution in [-0.4, -0.2) is 30.8 Å². The lowest BCUT2D eigenvalue weighted by atomic mass is 9.99. The molecular weight excluding hydrogens is 348 g/mol. The Morgan fingerprint density at radius 2 is 2.15 bits per heavy atom. The van der Waals surface area contributed by atoms with Crippen molar-refractivity contribution in [3.63, 3.8) is 0 Å². The summed E-state index contributed by atoms with van der Waals surface area (Å²) in [5.74, 6) is -0.655. The minimum absolute atomic E-state index is 0.0348. The third-order valence-corrected chi connectivity index (χ3v) is 4.52. The molecule has 1 aromatic carbocycles. The second-order valence-corrected chi connectivity index (χ2v) is 6.19. The Bertz CT molecular complexity index is 1150. The maximum Gasteiger partial charge on any atom is 0.341 e. The zero-order chi connectivity index (χ0) is 19.0. The van der Waals surface area contributed by atoms with Crippen LogP contribution in [0, 0.1) is 0 Å². The van der Waals surface area contributed by atoms with E-state index in [0.29, 0.717) is 24.2 Å². The minimum atomic E-state index is -0.620. The Kier molecular flexibility index (Phi) is 4.37. The van der Waals surface area contributed by atoms with Gasteiger partial charge < -0.3 is 19.6 Å². The number of pyridine rings is 1. The van der Waals surface area contributed by atoms with Crippen LogP contribution in [0.1, 0.15) is 29.3 Å². The molecule has 27 heavy (non-hydrogen) atoms. The van der Waals surface area contributed by atoms with E-state index in [-0.39, 0.29) is 34.5 Å². The zero-order valence-electron chi connectivity index (χ0n) is 14.8. The fourth-order valence-electron chi connectivity index (χ4n) is 3.16. The Morgan fingerprint density at radius 1 is 1.30 bits per heavy atom. The lowest BCUT2D eigenvalue weighted by Crippen LogP contribution is -2.12. The van der Waals surface area contributed by atoms with Crippen LogP contribution in [0.3, 0.4) is 0 Å². The number of benzene rings is 1. The maximum atomic E-state index is 13.0. The number of rotatable bonds is 3. The molecular formula is C20H18N2O5. The number of fused-ring (bicyclic) bond motifs is 2. The Labute approximate surface area is 154 Å². The van der Waals surface area contributed by atoms with Crippen LogP contribution in [0.5, 0.6) is 0 Å².